The van der Waals surface area contributed by atoms with E-state index in [9.17, 15) is 19.5 Å². The largest absolute Gasteiger partial charge is 0.478 e. The number of fused-ring (bicyclic) bond motifs is 2. The van der Waals surface area contributed by atoms with E-state index >= 15 is 0 Å². The molecule has 0 radical (unpaired) electrons. The molecule has 0 fully saturated rings. The van der Waals surface area contributed by atoms with Crippen molar-refractivity contribution in [2.24, 2.45) is 0 Å². The van der Waals surface area contributed by atoms with Crippen molar-refractivity contribution in [1.82, 2.24) is 4.98 Å². The Morgan fingerprint density at radius 3 is 2.42 bits per heavy atom. The van der Waals surface area contributed by atoms with Gasteiger partial charge in [-0.15, -0.1) is 0 Å². The van der Waals surface area contributed by atoms with E-state index in [-0.39, 0.29) is 33.2 Å². The van der Waals surface area contributed by atoms with Crippen molar-refractivity contribution in [1.29, 1.82) is 0 Å². The molecule has 0 atom stereocenters. The lowest BCUT2D eigenvalue weighted by Crippen LogP contribution is -2.16. The average molecular weight is 345 g/mol. The molecule has 0 amide bonds. The van der Waals surface area contributed by atoms with Crippen LogP contribution in [-0.4, -0.2) is 21.8 Å². The second kappa shape index (κ2) is 5.93. The molecule has 2 aromatic heterocycles. The first-order chi connectivity index (χ1) is 12.6. The van der Waals surface area contributed by atoms with Crippen LogP contribution in [0.15, 0.2) is 70.0 Å². The number of ketones is 1. The standard InChI is InChI=1S/C20H11NO5/c22-18-11-5-1-2-7-14(11)26-15-9-8-12(20(24)25)16(17(15)18)19(23)13-6-3-4-10-21-13/h1-10H,(H,24,25). The number of aromatic carboxylic acids is 1. The zero-order valence-corrected chi connectivity index (χ0v) is 13.3. The number of carboxylic acid groups (broad SMARTS) is 1. The van der Waals surface area contributed by atoms with Crippen LogP contribution in [0, 0.1) is 0 Å². The van der Waals surface area contributed by atoms with Gasteiger partial charge < -0.3 is 9.52 Å². The van der Waals surface area contributed by atoms with Crippen LogP contribution in [0.5, 0.6) is 0 Å². The minimum atomic E-state index is -1.31. The molecule has 2 heterocycles. The van der Waals surface area contributed by atoms with E-state index in [0.717, 1.165) is 0 Å². The van der Waals surface area contributed by atoms with Gasteiger partial charge in [-0.05, 0) is 36.4 Å². The summed E-state index contributed by atoms with van der Waals surface area (Å²) < 4.78 is 5.72. The Bertz CT molecular complexity index is 1240. The number of rotatable bonds is 3. The van der Waals surface area contributed by atoms with Crippen LogP contribution < -0.4 is 5.43 Å². The summed E-state index contributed by atoms with van der Waals surface area (Å²) in [5.41, 5.74) is -0.370. The fourth-order valence-electron chi connectivity index (χ4n) is 2.93. The maximum atomic E-state index is 13.0. The van der Waals surface area contributed by atoms with Crippen LogP contribution in [0.25, 0.3) is 21.9 Å². The Morgan fingerprint density at radius 1 is 0.923 bits per heavy atom. The molecule has 0 aliphatic rings. The predicted octanol–water partition coefficient (Wildman–Crippen LogP) is 3.27. The summed E-state index contributed by atoms with van der Waals surface area (Å²) in [5.74, 6) is -1.95. The molecule has 26 heavy (non-hydrogen) atoms. The number of benzene rings is 2. The molecule has 0 saturated carbocycles. The number of nitrogens with zero attached hydrogens (tertiary/aromatic N) is 1. The number of carbonyl (C=O) groups excluding carboxylic acids is 1. The number of hydrogen-bond acceptors (Lipinski definition) is 5. The van der Waals surface area contributed by atoms with E-state index in [1.54, 1.807) is 36.4 Å². The highest BCUT2D eigenvalue weighted by atomic mass is 16.4. The molecule has 1 N–H and O–H groups in total. The summed E-state index contributed by atoms with van der Waals surface area (Å²) in [7, 11) is 0. The number of carbonyl (C=O) groups is 2. The zero-order chi connectivity index (χ0) is 18.3. The van der Waals surface area contributed by atoms with E-state index in [1.807, 2.05) is 0 Å². The van der Waals surface area contributed by atoms with Crippen LogP contribution in [0.1, 0.15) is 26.4 Å². The zero-order valence-electron chi connectivity index (χ0n) is 13.3. The molecule has 6 nitrogen and oxygen atoms in total. The molecule has 0 aliphatic heterocycles. The number of hydrogen-bond donors (Lipinski definition) is 1. The van der Waals surface area contributed by atoms with Gasteiger partial charge in [-0.3, -0.25) is 14.6 Å². The van der Waals surface area contributed by atoms with E-state index in [2.05, 4.69) is 4.98 Å². The minimum Gasteiger partial charge on any atom is -0.478 e. The molecule has 6 heteroatoms. The second-order valence-corrected chi connectivity index (χ2v) is 5.64. The maximum Gasteiger partial charge on any atom is 0.336 e. The van der Waals surface area contributed by atoms with Gasteiger partial charge in [0.2, 0.25) is 11.2 Å². The van der Waals surface area contributed by atoms with E-state index in [4.69, 9.17) is 4.42 Å². The monoisotopic (exact) mass is 345 g/mol. The van der Waals surface area contributed by atoms with Crippen molar-refractivity contribution in [2.45, 2.75) is 0 Å². The van der Waals surface area contributed by atoms with Crippen LogP contribution in [0.4, 0.5) is 0 Å². The Balaban J connectivity index is 2.16. The van der Waals surface area contributed by atoms with E-state index in [1.165, 1.54) is 24.4 Å². The number of aromatic nitrogens is 1. The van der Waals surface area contributed by atoms with Gasteiger partial charge in [-0.25, -0.2) is 4.79 Å². The third kappa shape index (κ3) is 2.36. The first kappa shape index (κ1) is 15.7. The van der Waals surface area contributed by atoms with Crippen molar-refractivity contribution in [2.75, 3.05) is 0 Å². The molecule has 0 aliphatic carbocycles. The van der Waals surface area contributed by atoms with Gasteiger partial charge in [0.15, 0.2) is 0 Å². The molecule has 2 aromatic carbocycles. The van der Waals surface area contributed by atoms with Crippen LogP contribution in [-0.2, 0) is 0 Å². The third-order valence-corrected chi connectivity index (χ3v) is 4.10. The van der Waals surface area contributed by atoms with E-state index in [0.29, 0.717) is 5.58 Å². The van der Waals surface area contributed by atoms with Crippen molar-refractivity contribution in [3.8, 4) is 0 Å². The maximum absolute atomic E-state index is 13.0. The highest BCUT2D eigenvalue weighted by Gasteiger charge is 2.25. The summed E-state index contributed by atoms with van der Waals surface area (Å²) in [4.78, 5) is 41.6. The SMILES string of the molecule is O=C(O)c1ccc2oc3ccccc3c(=O)c2c1C(=O)c1ccccn1. The van der Waals surface area contributed by atoms with Crippen molar-refractivity contribution < 1.29 is 19.1 Å². The Morgan fingerprint density at radius 2 is 1.69 bits per heavy atom. The summed E-state index contributed by atoms with van der Waals surface area (Å²) in [5, 5.41) is 9.74. The van der Waals surface area contributed by atoms with Crippen LogP contribution in [0.3, 0.4) is 0 Å². The first-order valence-electron chi connectivity index (χ1n) is 7.75. The number of para-hydroxylation sites is 1. The summed E-state index contributed by atoms with van der Waals surface area (Å²) >= 11 is 0. The average Bonchev–Trinajstić information content (AvgIpc) is 2.67. The molecule has 126 valence electrons. The van der Waals surface area contributed by atoms with Crippen molar-refractivity contribution >= 4 is 33.7 Å². The summed E-state index contributed by atoms with van der Waals surface area (Å²) in [6.45, 7) is 0. The van der Waals surface area contributed by atoms with Gasteiger partial charge >= 0.3 is 5.97 Å². The summed E-state index contributed by atoms with van der Waals surface area (Å²) in [6, 6.07) is 14.0. The summed E-state index contributed by atoms with van der Waals surface area (Å²) in [6.07, 6.45) is 1.43. The molecule has 4 aromatic rings. The normalized spacial score (nSPS) is 10.9. The van der Waals surface area contributed by atoms with Gasteiger partial charge in [0.1, 0.15) is 16.9 Å². The van der Waals surface area contributed by atoms with Crippen LogP contribution in [0.2, 0.25) is 0 Å². The van der Waals surface area contributed by atoms with Gasteiger partial charge in [-0.1, -0.05) is 18.2 Å². The molecular weight excluding hydrogens is 334 g/mol. The fraction of sp³-hybridized carbons (Fsp3) is 0. The lowest BCUT2D eigenvalue weighted by Gasteiger charge is -2.09. The quantitative estimate of drug-likeness (QED) is 0.452. The van der Waals surface area contributed by atoms with Gasteiger partial charge in [0.25, 0.3) is 0 Å². The van der Waals surface area contributed by atoms with Crippen LogP contribution >= 0.6 is 0 Å². The van der Waals surface area contributed by atoms with Gasteiger partial charge in [-0.2, -0.15) is 0 Å². The number of pyridine rings is 1. The molecule has 4 rings (SSSR count). The third-order valence-electron chi connectivity index (χ3n) is 4.10. The molecule has 0 bridgehead atoms. The molecule has 0 spiro atoms. The fourth-order valence-corrected chi connectivity index (χ4v) is 2.93. The molecule has 0 saturated heterocycles. The highest BCUT2D eigenvalue weighted by Crippen LogP contribution is 2.26. The lowest BCUT2D eigenvalue weighted by molar-refractivity contribution is 0.0693. The number of carboxylic acids is 1. The highest BCUT2D eigenvalue weighted by molar-refractivity contribution is 6.20. The van der Waals surface area contributed by atoms with Gasteiger partial charge in [0.05, 0.1) is 21.9 Å². The van der Waals surface area contributed by atoms with E-state index < -0.39 is 17.2 Å². The smallest absolute Gasteiger partial charge is 0.336 e. The lowest BCUT2D eigenvalue weighted by atomic mass is 9.95. The molecule has 0 unspecified atom stereocenters. The Hall–Kier alpha value is -3.80. The second-order valence-electron chi connectivity index (χ2n) is 5.64. The Labute approximate surface area is 146 Å². The van der Waals surface area contributed by atoms with Crippen molar-refractivity contribution in [3.05, 3.63) is 87.8 Å². The topological polar surface area (TPSA) is 97.5 Å². The van der Waals surface area contributed by atoms with Crippen molar-refractivity contribution in [3.63, 3.8) is 0 Å². The first-order valence-corrected chi connectivity index (χ1v) is 7.75. The van der Waals surface area contributed by atoms with Gasteiger partial charge in [0, 0.05) is 6.20 Å². The Kier molecular flexibility index (Phi) is 3.58. The molecular formula is C20H11NO5. The minimum absolute atomic E-state index is 0.0510. The predicted molar refractivity (Wildman–Crippen MR) is 94.6 cm³/mol.